The maximum atomic E-state index is 13.6. The van der Waals surface area contributed by atoms with Crippen LogP contribution in [-0.4, -0.2) is 51.8 Å². The number of rotatable bonds is 9. The van der Waals surface area contributed by atoms with E-state index in [4.69, 9.17) is 21.1 Å². The lowest BCUT2D eigenvalue weighted by molar-refractivity contribution is 0.0763. The lowest BCUT2D eigenvalue weighted by atomic mass is 9.99. The van der Waals surface area contributed by atoms with Crippen molar-refractivity contribution in [2.24, 2.45) is 0 Å². The van der Waals surface area contributed by atoms with E-state index in [9.17, 15) is 17.6 Å². The van der Waals surface area contributed by atoms with Crippen LogP contribution in [0, 0.1) is 5.82 Å². The molecule has 0 N–H and O–H groups in total. The topological polar surface area (TPSA) is 76.2 Å². The second kappa shape index (κ2) is 9.87. The van der Waals surface area contributed by atoms with Crippen molar-refractivity contribution < 1.29 is 27.1 Å². The Labute approximate surface area is 199 Å². The van der Waals surface area contributed by atoms with Crippen molar-refractivity contribution >= 4 is 27.5 Å². The summed E-state index contributed by atoms with van der Waals surface area (Å²) in [6, 6.07) is 4.23. The van der Waals surface area contributed by atoms with Gasteiger partial charge in [-0.3, -0.25) is 4.79 Å². The number of halogens is 2. The second-order valence-corrected chi connectivity index (χ2v) is 10.5. The molecular formula is C23H28ClFN2O5S. The molecule has 180 valence electrons. The first kappa shape index (κ1) is 25.3. The Morgan fingerprint density at radius 2 is 1.85 bits per heavy atom. The van der Waals surface area contributed by atoms with Gasteiger partial charge in [0.25, 0.3) is 5.91 Å². The van der Waals surface area contributed by atoms with E-state index in [1.807, 2.05) is 6.92 Å². The zero-order valence-electron chi connectivity index (χ0n) is 19.4. The first-order chi connectivity index (χ1) is 15.6. The number of nitrogens with zero attached hydrogens (tertiary/aromatic N) is 2. The molecule has 1 heterocycles. The third kappa shape index (κ3) is 4.54. The second-order valence-electron chi connectivity index (χ2n) is 8.03. The Morgan fingerprint density at radius 3 is 2.39 bits per heavy atom. The van der Waals surface area contributed by atoms with Gasteiger partial charge in [0.05, 0.1) is 29.7 Å². The van der Waals surface area contributed by atoms with Crippen molar-refractivity contribution in [1.29, 1.82) is 0 Å². The fourth-order valence-electron chi connectivity index (χ4n) is 4.06. The van der Waals surface area contributed by atoms with E-state index in [0.29, 0.717) is 23.1 Å². The summed E-state index contributed by atoms with van der Waals surface area (Å²) in [6.45, 7) is 2.20. The predicted octanol–water partition coefficient (Wildman–Crippen LogP) is 4.25. The molecule has 0 saturated carbocycles. The van der Waals surface area contributed by atoms with Crippen molar-refractivity contribution in [2.45, 2.75) is 44.2 Å². The van der Waals surface area contributed by atoms with Gasteiger partial charge in [-0.1, -0.05) is 31.0 Å². The smallest absolute Gasteiger partial charge is 0.258 e. The minimum absolute atomic E-state index is 0.0476. The summed E-state index contributed by atoms with van der Waals surface area (Å²) in [7, 11) is 1.87. The van der Waals surface area contributed by atoms with Gasteiger partial charge >= 0.3 is 0 Å². The Bertz CT molecular complexity index is 1180. The molecule has 0 aliphatic carbocycles. The average Bonchev–Trinajstić information content (AvgIpc) is 3.08. The van der Waals surface area contributed by atoms with Crippen LogP contribution in [0.4, 0.5) is 4.39 Å². The number of methoxy groups -OCH3 is 2. The maximum absolute atomic E-state index is 13.6. The molecule has 2 aromatic rings. The molecule has 0 atom stereocenters. The van der Waals surface area contributed by atoms with Crippen molar-refractivity contribution in [3.05, 3.63) is 51.3 Å². The Balaban J connectivity index is 2.23. The van der Waals surface area contributed by atoms with Gasteiger partial charge in [-0.25, -0.2) is 17.1 Å². The number of hydrogen-bond acceptors (Lipinski definition) is 5. The molecule has 0 bridgehead atoms. The lowest BCUT2D eigenvalue weighted by Gasteiger charge is -2.22. The highest BCUT2D eigenvalue weighted by Crippen LogP contribution is 2.47. The summed E-state index contributed by atoms with van der Waals surface area (Å²) in [5, 5.41) is -0.0476. The minimum Gasteiger partial charge on any atom is -0.493 e. The first-order valence-electron chi connectivity index (χ1n) is 10.5. The number of hydrogen-bond donors (Lipinski definition) is 0. The van der Waals surface area contributed by atoms with E-state index in [0.717, 1.165) is 17.1 Å². The minimum atomic E-state index is -3.90. The summed E-state index contributed by atoms with van der Waals surface area (Å²) >= 11 is 5.90. The highest BCUT2D eigenvalue weighted by molar-refractivity contribution is 7.89. The number of fused-ring (bicyclic) bond motifs is 1. The molecule has 3 rings (SSSR count). The fourth-order valence-corrected chi connectivity index (χ4v) is 5.61. The molecule has 0 spiro atoms. The van der Waals surface area contributed by atoms with Gasteiger partial charge in [0.1, 0.15) is 5.82 Å². The number of amides is 1. The maximum Gasteiger partial charge on any atom is 0.258 e. The van der Waals surface area contributed by atoms with Gasteiger partial charge in [-0.05, 0) is 30.5 Å². The van der Waals surface area contributed by atoms with Crippen molar-refractivity contribution in [1.82, 2.24) is 9.21 Å². The average molecular weight is 499 g/mol. The highest BCUT2D eigenvalue weighted by Gasteiger charge is 2.41. The number of ether oxygens (including phenoxy) is 2. The molecule has 1 aliphatic rings. The number of carbonyl (C=O) groups is 1. The van der Waals surface area contributed by atoms with Gasteiger partial charge in [0.15, 0.2) is 11.5 Å². The van der Waals surface area contributed by atoms with Crippen molar-refractivity contribution in [3.8, 4) is 11.5 Å². The quantitative estimate of drug-likeness (QED) is 0.516. The number of benzene rings is 2. The van der Waals surface area contributed by atoms with Crippen molar-refractivity contribution in [3.63, 3.8) is 0 Å². The van der Waals surface area contributed by atoms with Crippen LogP contribution in [-0.2, 0) is 29.5 Å². The van der Waals surface area contributed by atoms with Crippen LogP contribution in [0.1, 0.15) is 46.8 Å². The normalized spacial score (nSPS) is 13.6. The summed E-state index contributed by atoms with van der Waals surface area (Å²) in [4.78, 5) is 15.0. The Kier molecular flexibility index (Phi) is 7.55. The van der Waals surface area contributed by atoms with Crippen LogP contribution < -0.4 is 9.47 Å². The van der Waals surface area contributed by atoms with Gasteiger partial charge in [-0.2, -0.15) is 0 Å². The summed E-state index contributed by atoms with van der Waals surface area (Å²) in [6.07, 6.45) is 2.04. The predicted molar refractivity (Wildman–Crippen MR) is 124 cm³/mol. The van der Waals surface area contributed by atoms with Gasteiger partial charge < -0.3 is 14.4 Å². The van der Waals surface area contributed by atoms with E-state index >= 15 is 0 Å². The number of sulfonamides is 1. The van der Waals surface area contributed by atoms with Crippen LogP contribution in [0.25, 0.3) is 0 Å². The molecule has 0 radical (unpaired) electrons. The molecule has 10 heteroatoms. The largest absolute Gasteiger partial charge is 0.493 e. The molecule has 7 nitrogen and oxygen atoms in total. The SMILES string of the molecule is CCCCc1c(OC)c(OC)c2c(c1S(=O)(=O)N(C)C)CN(Cc1ccc(F)c(Cl)c1)C2=O. The Hall–Kier alpha value is -2.36. The highest BCUT2D eigenvalue weighted by atomic mass is 35.5. The van der Waals surface area contributed by atoms with Crippen molar-refractivity contribution in [2.75, 3.05) is 28.3 Å². The monoisotopic (exact) mass is 498 g/mol. The molecule has 0 fully saturated rings. The van der Waals surface area contributed by atoms with Crippen LogP contribution in [0.5, 0.6) is 11.5 Å². The molecule has 1 amide bonds. The van der Waals surface area contributed by atoms with Gasteiger partial charge in [0, 0.05) is 38.3 Å². The first-order valence-corrected chi connectivity index (χ1v) is 12.4. The third-order valence-electron chi connectivity index (χ3n) is 5.69. The summed E-state index contributed by atoms with van der Waals surface area (Å²) in [5.41, 5.74) is 1.67. The van der Waals surface area contributed by atoms with Crippen LogP contribution >= 0.6 is 11.6 Å². The fraction of sp³-hybridized carbons (Fsp3) is 0.435. The molecule has 1 aliphatic heterocycles. The van der Waals surface area contributed by atoms with Crippen LogP contribution in [0.2, 0.25) is 5.02 Å². The Morgan fingerprint density at radius 1 is 1.18 bits per heavy atom. The van der Waals surface area contributed by atoms with Crippen LogP contribution in [0.3, 0.4) is 0 Å². The van der Waals surface area contributed by atoms with Crippen LogP contribution in [0.15, 0.2) is 23.1 Å². The van der Waals surface area contributed by atoms with E-state index in [1.54, 1.807) is 6.07 Å². The summed E-state index contributed by atoms with van der Waals surface area (Å²) < 4.78 is 52.8. The third-order valence-corrected chi connectivity index (χ3v) is 7.95. The van der Waals surface area contributed by atoms with Gasteiger partial charge in [0.2, 0.25) is 10.0 Å². The zero-order valence-corrected chi connectivity index (χ0v) is 20.9. The van der Waals surface area contributed by atoms with E-state index in [2.05, 4.69) is 0 Å². The molecule has 0 saturated heterocycles. The number of carbonyl (C=O) groups excluding carboxylic acids is 1. The number of unbranched alkanes of at least 4 members (excludes halogenated alkanes) is 1. The van der Waals surface area contributed by atoms with E-state index < -0.39 is 21.7 Å². The lowest BCUT2D eigenvalue weighted by Crippen LogP contribution is -2.26. The molecule has 0 unspecified atom stereocenters. The van der Waals surface area contributed by atoms with Gasteiger partial charge in [-0.15, -0.1) is 0 Å². The summed E-state index contributed by atoms with van der Waals surface area (Å²) in [5.74, 6) is -0.466. The molecule has 2 aromatic carbocycles. The molecular weight excluding hydrogens is 471 g/mol. The molecule has 0 aromatic heterocycles. The van der Waals surface area contributed by atoms with E-state index in [1.165, 1.54) is 45.3 Å². The standard InChI is InChI=1S/C23H28ClFN2O5S/c1-6-7-8-15-20(31-4)21(32-5)19-16(22(15)33(29,30)26(2)3)13-27(23(19)28)12-14-9-10-18(25)17(24)11-14/h9-11H,6-8,12-13H2,1-5H3. The molecule has 33 heavy (non-hydrogen) atoms. The van der Waals surface area contributed by atoms with E-state index in [-0.39, 0.29) is 40.1 Å². The zero-order chi connectivity index (χ0) is 24.5.